The van der Waals surface area contributed by atoms with Gasteiger partial charge in [-0.3, -0.25) is 0 Å². The van der Waals surface area contributed by atoms with Crippen molar-refractivity contribution in [3.05, 3.63) is 65.5 Å². The van der Waals surface area contributed by atoms with E-state index in [-0.39, 0.29) is 36.1 Å². The molecule has 1 heterocycles. The lowest BCUT2D eigenvalue weighted by Gasteiger charge is -2.11. The molecule has 2 aromatic carbocycles. The molecule has 0 saturated carbocycles. The van der Waals surface area contributed by atoms with Crippen molar-refractivity contribution in [2.75, 3.05) is 6.54 Å². The van der Waals surface area contributed by atoms with Gasteiger partial charge in [-0.15, -0.1) is 24.0 Å². The number of guanidine groups is 1. The molecule has 27 heavy (non-hydrogen) atoms. The number of imidazole rings is 1. The Labute approximate surface area is 173 Å². The molecule has 0 spiro atoms. The zero-order chi connectivity index (χ0) is 18.5. The average Bonchev–Trinajstić information content (AvgIpc) is 2.96. The summed E-state index contributed by atoms with van der Waals surface area (Å²) in [4.78, 5) is 8.93. The Hall–Kier alpha value is -2.23. The first-order valence-electron chi connectivity index (χ1n) is 8.45. The monoisotopic (exact) mass is 485 g/mol. The van der Waals surface area contributed by atoms with Gasteiger partial charge in [-0.1, -0.05) is 12.1 Å². The Morgan fingerprint density at radius 3 is 2.67 bits per heavy atom. The molecule has 1 aromatic heterocycles. The summed E-state index contributed by atoms with van der Waals surface area (Å²) in [5.41, 5.74) is 2.19. The van der Waals surface area contributed by atoms with Crippen LogP contribution in [0.2, 0.25) is 0 Å². The minimum atomic E-state index is -0.478. The summed E-state index contributed by atoms with van der Waals surface area (Å²) in [7, 11) is 1.96. The minimum Gasteiger partial charge on any atom is -0.357 e. The number of benzene rings is 2. The smallest absolute Gasteiger partial charge is 0.191 e. The van der Waals surface area contributed by atoms with Crippen LogP contribution in [0.15, 0.2) is 47.5 Å². The van der Waals surface area contributed by atoms with Crippen LogP contribution in [0.3, 0.4) is 0 Å². The summed E-state index contributed by atoms with van der Waals surface area (Å²) < 4.78 is 29.0. The van der Waals surface area contributed by atoms with E-state index in [1.54, 1.807) is 0 Å². The minimum absolute atomic E-state index is 0. The van der Waals surface area contributed by atoms with Gasteiger partial charge in [0.15, 0.2) is 5.96 Å². The fraction of sp³-hybridized carbons (Fsp3) is 0.263. The molecule has 0 fully saturated rings. The Kier molecular flexibility index (Phi) is 7.52. The van der Waals surface area contributed by atoms with Crippen molar-refractivity contribution in [3.63, 3.8) is 0 Å². The molecule has 0 aliphatic carbocycles. The molecule has 0 radical (unpaired) electrons. The fourth-order valence-electron chi connectivity index (χ4n) is 2.69. The molecular formula is C19H22F2IN5. The van der Waals surface area contributed by atoms with Gasteiger partial charge < -0.3 is 15.2 Å². The average molecular weight is 485 g/mol. The maximum absolute atomic E-state index is 13.7. The highest BCUT2D eigenvalue weighted by Gasteiger charge is 2.08. The zero-order valence-electron chi connectivity index (χ0n) is 15.2. The Morgan fingerprint density at radius 1 is 1.15 bits per heavy atom. The lowest BCUT2D eigenvalue weighted by molar-refractivity contribution is 0.585. The maximum Gasteiger partial charge on any atom is 0.191 e. The summed E-state index contributed by atoms with van der Waals surface area (Å²) in [6.45, 7) is 3.10. The van der Waals surface area contributed by atoms with Crippen molar-refractivity contribution in [1.82, 2.24) is 20.2 Å². The summed E-state index contributed by atoms with van der Waals surface area (Å²) in [5.74, 6) is 0.424. The van der Waals surface area contributed by atoms with Crippen molar-refractivity contribution in [3.8, 4) is 0 Å². The molecule has 0 saturated heterocycles. The van der Waals surface area contributed by atoms with Crippen LogP contribution in [-0.4, -0.2) is 22.1 Å². The zero-order valence-corrected chi connectivity index (χ0v) is 17.5. The predicted molar refractivity (Wildman–Crippen MR) is 114 cm³/mol. The molecule has 3 aromatic rings. The molecule has 144 valence electrons. The highest BCUT2D eigenvalue weighted by Crippen LogP contribution is 2.14. The van der Waals surface area contributed by atoms with E-state index in [0.29, 0.717) is 19.0 Å². The molecule has 0 unspecified atom stereocenters. The highest BCUT2D eigenvalue weighted by molar-refractivity contribution is 14.0. The molecule has 0 amide bonds. The van der Waals surface area contributed by atoms with E-state index in [0.717, 1.165) is 35.1 Å². The molecule has 8 heteroatoms. The normalized spacial score (nSPS) is 11.3. The lowest BCUT2D eigenvalue weighted by atomic mass is 10.2. The first kappa shape index (κ1) is 21.1. The van der Waals surface area contributed by atoms with E-state index in [4.69, 9.17) is 0 Å². The van der Waals surface area contributed by atoms with Gasteiger partial charge in [-0.2, -0.15) is 0 Å². The van der Waals surface area contributed by atoms with Crippen LogP contribution in [-0.2, 0) is 20.1 Å². The Bertz CT molecular complexity index is 939. The summed E-state index contributed by atoms with van der Waals surface area (Å²) in [6, 6.07) is 11.3. The third-order valence-electron chi connectivity index (χ3n) is 4.05. The maximum atomic E-state index is 13.7. The Balaban J connectivity index is 0.00000261. The molecule has 2 N–H and O–H groups in total. The molecule has 0 bridgehead atoms. The van der Waals surface area contributed by atoms with E-state index in [1.165, 1.54) is 0 Å². The number of hydrogen-bond donors (Lipinski definition) is 2. The number of rotatable bonds is 5. The summed E-state index contributed by atoms with van der Waals surface area (Å²) >= 11 is 0. The van der Waals surface area contributed by atoms with Gasteiger partial charge >= 0.3 is 0 Å². The van der Waals surface area contributed by atoms with Gasteiger partial charge in [0.25, 0.3) is 0 Å². The standard InChI is InChI=1S/C19H21F2N5.HI/c1-3-22-19(23-11-13-10-14(20)8-9-15(13)21)24-12-18-25-16-6-4-5-7-17(16)26(18)2;/h4-10H,3,11-12H2,1-2H3,(H2,22,23,24);1H. The molecule has 0 aliphatic rings. The first-order chi connectivity index (χ1) is 12.6. The molecule has 0 atom stereocenters. The van der Waals surface area contributed by atoms with E-state index < -0.39 is 11.6 Å². The van der Waals surface area contributed by atoms with Crippen LogP contribution in [0.5, 0.6) is 0 Å². The second kappa shape index (κ2) is 9.63. The number of aryl methyl sites for hydroxylation is 1. The number of halogens is 3. The fourth-order valence-corrected chi connectivity index (χ4v) is 2.69. The molecular weight excluding hydrogens is 463 g/mol. The van der Waals surface area contributed by atoms with Crippen molar-refractivity contribution in [1.29, 1.82) is 0 Å². The highest BCUT2D eigenvalue weighted by atomic mass is 127. The number of aromatic nitrogens is 2. The van der Waals surface area contributed by atoms with Crippen molar-refractivity contribution < 1.29 is 8.78 Å². The molecule has 5 nitrogen and oxygen atoms in total. The third-order valence-corrected chi connectivity index (χ3v) is 4.05. The second-order valence-electron chi connectivity index (χ2n) is 5.86. The largest absolute Gasteiger partial charge is 0.357 e. The quantitative estimate of drug-likeness (QED) is 0.329. The van der Waals surface area contributed by atoms with E-state index in [1.807, 2.05) is 42.8 Å². The van der Waals surface area contributed by atoms with Crippen LogP contribution < -0.4 is 10.6 Å². The van der Waals surface area contributed by atoms with Gasteiger partial charge in [-0.25, -0.2) is 18.8 Å². The van der Waals surface area contributed by atoms with Gasteiger partial charge in [0, 0.05) is 19.2 Å². The summed E-state index contributed by atoms with van der Waals surface area (Å²) in [5, 5.41) is 6.28. The summed E-state index contributed by atoms with van der Waals surface area (Å²) in [6.07, 6.45) is 0. The van der Waals surface area contributed by atoms with Gasteiger partial charge in [0.1, 0.15) is 17.5 Å². The predicted octanol–water partition coefficient (Wildman–Crippen LogP) is 3.72. The molecule has 0 aliphatic heterocycles. The first-order valence-corrected chi connectivity index (χ1v) is 8.45. The van der Waals surface area contributed by atoms with E-state index >= 15 is 0 Å². The van der Waals surface area contributed by atoms with Crippen LogP contribution in [0.25, 0.3) is 11.0 Å². The third kappa shape index (κ3) is 5.15. The van der Waals surface area contributed by atoms with Crippen LogP contribution >= 0.6 is 24.0 Å². The number of hydrogen-bond acceptors (Lipinski definition) is 2. The van der Waals surface area contributed by atoms with Crippen molar-refractivity contribution in [2.24, 2.45) is 12.0 Å². The van der Waals surface area contributed by atoms with Crippen LogP contribution in [0.1, 0.15) is 18.3 Å². The van der Waals surface area contributed by atoms with E-state index in [2.05, 4.69) is 20.6 Å². The number of fused-ring (bicyclic) bond motifs is 1. The van der Waals surface area contributed by atoms with Crippen LogP contribution in [0.4, 0.5) is 8.78 Å². The number of nitrogens with zero attached hydrogens (tertiary/aromatic N) is 3. The number of para-hydroxylation sites is 2. The molecule has 3 rings (SSSR count). The van der Waals surface area contributed by atoms with Crippen molar-refractivity contribution >= 4 is 41.0 Å². The SMILES string of the molecule is CCNC(=NCc1cc(F)ccc1F)NCc1nc2ccccc2n1C.I. The van der Waals surface area contributed by atoms with Crippen molar-refractivity contribution in [2.45, 2.75) is 20.0 Å². The number of nitrogens with one attached hydrogen (secondary N) is 2. The Morgan fingerprint density at radius 2 is 1.93 bits per heavy atom. The van der Waals surface area contributed by atoms with Crippen LogP contribution in [0, 0.1) is 11.6 Å². The van der Waals surface area contributed by atoms with E-state index in [9.17, 15) is 8.78 Å². The topological polar surface area (TPSA) is 54.2 Å². The van der Waals surface area contributed by atoms with Gasteiger partial charge in [-0.05, 0) is 37.3 Å². The second-order valence-corrected chi connectivity index (χ2v) is 5.86. The van der Waals surface area contributed by atoms with Gasteiger partial charge in [0.2, 0.25) is 0 Å². The lowest BCUT2D eigenvalue weighted by Crippen LogP contribution is -2.37. The van der Waals surface area contributed by atoms with Gasteiger partial charge in [0.05, 0.1) is 24.1 Å². The number of aliphatic imine (C=N–C) groups is 1.